The third-order valence-corrected chi connectivity index (χ3v) is 13.8. The molecule has 1 unspecified atom stereocenters. The number of carbonyl (C=O) groups is 3. The van der Waals surface area contributed by atoms with Crippen molar-refractivity contribution in [1.82, 2.24) is 5.32 Å². The Labute approximate surface area is 415 Å². The zero-order valence-corrected chi connectivity index (χ0v) is 44.2. The van der Waals surface area contributed by atoms with Gasteiger partial charge in [0, 0.05) is 12.8 Å². The summed E-state index contributed by atoms with van der Waals surface area (Å²) in [6, 6.07) is 8.91. The Kier molecular flexibility index (Phi) is 33.6. The second kappa shape index (κ2) is 38.2. The average molecular weight is 956 g/mol. The van der Waals surface area contributed by atoms with Crippen LogP contribution in [0, 0.1) is 0 Å². The van der Waals surface area contributed by atoms with E-state index in [2.05, 4.69) is 26.1 Å². The largest absolute Gasteiger partial charge is 0.462 e. The first-order valence-corrected chi connectivity index (χ1v) is 28.5. The van der Waals surface area contributed by atoms with E-state index in [4.69, 9.17) is 28.4 Å². The number of fused-ring (bicyclic) bond motifs is 1. The van der Waals surface area contributed by atoms with Gasteiger partial charge < -0.3 is 33.7 Å². The highest BCUT2D eigenvalue weighted by atomic mass is 16.8. The van der Waals surface area contributed by atoms with Crippen molar-refractivity contribution in [1.29, 1.82) is 0 Å². The molecule has 10 heteroatoms. The number of carbonyl (C=O) groups excluding carboxylic acids is 3. The van der Waals surface area contributed by atoms with Crippen LogP contribution in [0.3, 0.4) is 0 Å². The van der Waals surface area contributed by atoms with Crippen molar-refractivity contribution < 1.29 is 42.8 Å². The topological polar surface area (TPSA) is 119 Å². The van der Waals surface area contributed by atoms with Crippen LogP contribution in [-0.2, 0) is 49.4 Å². The van der Waals surface area contributed by atoms with Crippen LogP contribution in [0.5, 0.6) is 0 Å². The number of nitrogens with one attached hydrogen (secondary N) is 1. The summed E-state index contributed by atoms with van der Waals surface area (Å²) < 4.78 is 38.0. The maximum absolute atomic E-state index is 14.3. The van der Waals surface area contributed by atoms with E-state index in [1.807, 2.05) is 44.2 Å². The Balaban J connectivity index is 1.67. The zero-order chi connectivity index (χ0) is 48.9. The summed E-state index contributed by atoms with van der Waals surface area (Å²) in [5.74, 6) is -1.85. The minimum Gasteiger partial charge on any atom is -0.462 e. The molecule has 392 valence electrons. The number of unbranched alkanes of at least 4 members (excludes halogenated alkanes) is 28. The molecular formula is C58H101NO9. The highest BCUT2D eigenvalue weighted by Gasteiger charge is 2.54. The van der Waals surface area contributed by atoms with Gasteiger partial charge in [-0.05, 0) is 45.1 Å². The SMILES string of the molecule is CCCCCCCCCCCCCC(=O)OC(CCCCCCCCCCC)CC(=O)N[C@H]1[C@H](OCc2ccccc2)O[C@@H]2COC(C)(C)O[C@H]2[C@@H]1OC(=O)CCCCCCCCCCCCC. The minimum absolute atomic E-state index is 0.00805. The molecule has 2 saturated heterocycles. The molecule has 0 aliphatic carbocycles. The summed E-state index contributed by atoms with van der Waals surface area (Å²) in [6.45, 7) is 10.9. The lowest BCUT2D eigenvalue weighted by Gasteiger charge is -2.50. The van der Waals surface area contributed by atoms with E-state index < -0.39 is 42.5 Å². The van der Waals surface area contributed by atoms with Gasteiger partial charge in [0.25, 0.3) is 0 Å². The van der Waals surface area contributed by atoms with Crippen molar-refractivity contribution in [2.24, 2.45) is 0 Å². The molecular weight excluding hydrogens is 855 g/mol. The molecule has 2 aliphatic heterocycles. The minimum atomic E-state index is -0.965. The number of esters is 2. The molecule has 2 fully saturated rings. The highest BCUT2D eigenvalue weighted by Crippen LogP contribution is 2.35. The van der Waals surface area contributed by atoms with Crippen molar-refractivity contribution in [2.45, 2.75) is 308 Å². The molecule has 10 nitrogen and oxygen atoms in total. The Bertz CT molecular complexity index is 1410. The van der Waals surface area contributed by atoms with Crippen molar-refractivity contribution in [3.8, 4) is 0 Å². The summed E-state index contributed by atoms with van der Waals surface area (Å²) in [5, 5.41) is 3.18. The van der Waals surface area contributed by atoms with Gasteiger partial charge in [-0.15, -0.1) is 0 Å². The molecule has 6 atom stereocenters. The molecule has 0 spiro atoms. The number of ether oxygens (including phenoxy) is 6. The summed E-state index contributed by atoms with van der Waals surface area (Å²) in [4.78, 5) is 41.4. The zero-order valence-electron chi connectivity index (χ0n) is 44.2. The third kappa shape index (κ3) is 27.8. The smallest absolute Gasteiger partial charge is 0.306 e. The summed E-state index contributed by atoms with van der Waals surface area (Å²) in [6.07, 6.45) is 34.5. The predicted molar refractivity (Wildman–Crippen MR) is 275 cm³/mol. The summed E-state index contributed by atoms with van der Waals surface area (Å²) in [5.41, 5.74) is 0.941. The van der Waals surface area contributed by atoms with Crippen LogP contribution in [0.2, 0.25) is 0 Å². The van der Waals surface area contributed by atoms with E-state index >= 15 is 0 Å². The Hall–Kier alpha value is -2.53. The van der Waals surface area contributed by atoms with Gasteiger partial charge in [-0.25, -0.2) is 0 Å². The van der Waals surface area contributed by atoms with Crippen LogP contribution in [0.1, 0.15) is 265 Å². The van der Waals surface area contributed by atoms with Crippen molar-refractivity contribution in [3.05, 3.63) is 35.9 Å². The molecule has 2 aliphatic rings. The van der Waals surface area contributed by atoms with E-state index in [9.17, 15) is 14.4 Å². The van der Waals surface area contributed by atoms with Gasteiger partial charge in [0.15, 0.2) is 18.2 Å². The van der Waals surface area contributed by atoms with Crippen LogP contribution >= 0.6 is 0 Å². The molecule has 1 amide bonds. The van der Waals surface area contributed by atoms with Crippen molar-refractivity contribution >= 4 is 17.8 Å². The second-order valence-electron chi connectivity index (χ2n) is 20.7. The molecule has 1 aromatic rings. The first kappa shape index (κ1) is 59.8. The van der Waals surface area contributed by atoms with E-state index in [0.29, 0.717) is 12.8 Å². The summed E-state index contributed by atoms with van der Waals surface area (Å²) in [7, 11) is 0. The molecule has 68 heavy (non-hydrogen) atoms. The van der Waals surface area contributed by atoms with Gasteiger partial charge in [-0.3, -0.25) is 14.4 Å². The van der Waals surface area contributed by atoms with Gasteiger partial charge in [0.2, 0.25) is 5.91 Å². The fourth-order valence-corrected chi connectivity index (χ4v) is 9.67. The predicted octanol–water partition coefficient (Wildman–Crippen LogP) is 15.1. The molecule has 0 saturated carbocycles. The highest BCUT2D eigenvalue weighted by molar-refractivity contribution is 5.78. The first-order valence-electron chi connectivity index (χ1n) is 28.5. The number of hydrogen-bond donors (Lipinski definition) is 1. The lowest BCUT2D eigenvalue weighted by Crippen LogP contribution is -2.69. The molecule has 1 N–H and O–H groups in total. The number of amides is 1. The molecule has 0 aromatic heterocycles. The van der Waals surface area contributed by atoms with Crippen molar-refractivity contribution in [2.75, 3.05) is 6.61 Å². The van der Waals surface area contributed by atoms with Crippen LogP contribution in [-0.4, -0.2) is 67.0 Å². The normalized spacial score (nSPS) is 20.4. The van der Waals surface area contributed by atoms with E-state index in [1.165, 1.54) is 141 Å². The standard InChI is InChI=1S/C58H101NO9/c1-6-9-12-15-18-21-23-26-29-32-38-43-52(61)65-49(42-37-31-28-25-20-17-14-11-8-3)45-51(60)59-54-56(67-53(62)44-39-33-30-27-24-22-19-16-13-10-7-2)55-50(47-64-58(4,5)68-55)66-57(54)63-46-48-40-35-34-36-41-48/h34-36,40-41,49-50,54-57H,6-33,37-39,42-47H2,1-5H3,(H,59,60)/t49?,50-,54-,55-,56-,57-/m1/s1. The monoisotopic (exact) mass is 956 g/mol. The Morgan fingerprint density at radius 2 is 1.07 bits per heavy atom. The molecule has 0 radical (unpaired) electrons. The number of rotatable bonds is 42. The maximum atomic E-state index is 14.3. The van der Waals surface area contributed by atoms with Gasteiger partial charge in [-0.2, -0.15) is 0 Å². The van der Waals surface area contributed by atoms with Crippen molar-refractivity contribution in [3.63, 3.8) is 0 Å². The Morgan fingerprint density at radius 3 is 1.57 bits per heavy atom. The van der Waals surface area contributed by atoms with E-state index in [0.717, 1.165) is 63.4 Å². The molecule has 1 aromatic carbocycles. The van der Waals surface area contributed by atoms with Gasteiger partial charge in [-0.1, -0.05) is 231 Å². The average Bonchev–Trinajstić information content (AvgIpc) is 3.32. The second-order valence-corrected chi connectivity index (χ2v) is 20.7. The van der Waals surface area contributed by atoms with Crippen LogP contribution in [0.15, 0.2) is 30.3 Å². The van der Waals surface area contributed by atoms with Crippen LogP contribution in [0.4, 0.5) is 0 Å². The fraction of sp³-hybridized carbons (Fsp3) is 0.845. The molecule has 2 heterocycles. The van der Waals surface area contributed by atoms with Gasteiger partial charge in [0.1, 0.15) is 24.4 Å². The lowest BCUT2D eigenvalue weighted by molar-refractivity contribution is -0.370. The lowest BCUT2D eigenvalue weighted by atomic mass is 9.94. The van der Waals surface area contributed by atoms with Gasteiger partial charge >= 0.3 is 11.9 Å². The van der Waals surface area contributed by atoms with Crippen LogP contribution < -0.4 is 5.32 Å². The number of benzene rings is 1. The van der Waals surface area contributed by atoms with E-state index in [-0.39, 0.29) is 43.9 Å². The molecule has 3 rings (SSSR count). The van der Waals surface area contributed by atoms with Crippen LogP contribution in [0.25, 0.3) is 0 Å². The fourth-order valence-electron chi connectivity index (χ4n) is 9.67. The first-order chi connectivity index (χ1) is 33.2. The quantitative estimate of drug-likeness (QED) is 0.0505. The maximum Gasteiger partial charge on any atom is 0.306 e. The molecule has 0 bridgehead atoms. The third-order valence-electron chi connectivity index (χ3n) is 13.8. The van der Waals surface area contributed by atoms with E-state index in [1.54, 1.807) is 0 Å². The Morgan fingerprint density at radius 1 is 0.618 bits per heavy atom. The van der Waals surface area contributed by atoms with Gasteiger partial charge in [0.05, 0.1) is 19.6 Å². The number of hydrogen-bond acceptors (Lipinski definition) is 9. The summed E-state index contributed by atoms with van der Waals surface area (Å²) >= 11 is 0.